The molecule has 0 radical (unpaired) electrons. The molecule has 42 heavy (non-hydrogen) atoms. The summed E-state index contributed by atoms with van der Waals surface area (Å²) in [6, 6.07) is 5.61. The molecule has 12 heteroatoms. The molecule has 2 aliphatic heterocycles. The lowest BCUT2D eigenvalue weighted by Crippen LogP contribution is -2.42. The number of hydrogen-bond acceptors (Lipinski definition) is 4. The highest BCUT2D eigenvalue weighted by molar-refractivity contribution is 5.77. The Morgan fingerprint density at radius 1 is 1.07 bits per heavy atom. The van der Waals surface area contributed by atoms with Crippen molar-refractivity contribution in [1.82, 2.24) is 9.80 Å². The Balaban J connectivity index is 1.74. The molecule has 2 aliphatic rings. The summed E-state index contributed by atoms with van der Waals surface area (Å²) in [6.07, 6.45) is -10.7. The first kappa shape index (κ1) is 31.7. The molecule has 0 spiro atoms. The van der Waals surface area contributed by atoms with Crippen LogP contribution in [0.4, 0.5) is 35.5 Å². The maximum absolute atomic E-state index is 14.8. The standard InChI is InChI=1S/C30H33F7N2O3/c1-16(2)23-11-24(26(41-5)12-25(23)31)22-6-7-38(15-29(32,33)34)13-20(22)14-39-18(4)27(42-28(39)40)19-8-17(3)9-21(10-19)30(35,36)37/h8-12,16,18,27H,6-7,13-15H2,1-5H3/t18-,27-/m0/s1. The number of nitrogens with zero attached hydrogens (tertiary/aromatic N) is 2. The number of cyclic esters (lactones) is 1. The number of methoxy groups -OCH3 is 1. The van der Waals surface area contributed by atoms with Gasteiger partial charge in [0.05, 0.1) is 25.3 Å². The van der Waals surface area contributed by atoms with Crippen molar-refractivity contribution in [2.24, 2.45) is 0 Å². The zero-order valence-corrected chi connectivity index (χ0v) is 23.9. The number of aryl methyl sites for hydroxylation is 1. The first-order chi connectivity index (χ1) is 19.5. The van der Waals surface area contributed by atoms with E-state index < -0.39 is 48.5 Å². The van der Waals surface area contributed by atoms with Crippen LogP contribution in [-0.2, 0) is 10.9 Å². The number of carbonyl (C=O) groups is 1. The molecule has 2 atom stereocenters. The average molecular weight is 603 g/mol. The van der Waals surface area contributed by atoms with Crippen LogP contribution in [0.2, 0.25) is 0 Å². The first-order valence-electron chi connectivity index (χ1n) is 13.5. The predicted molar refractivity (Wildman–Crippen MR) is 143 cm³/mol. The summed E-state index contributed by atoms with van der Waals surface area (Å²) in [7, 11) is 1.37. The van der Waals surface area contributed by atoms with Gasteiger partial charge in [-0.15, -0.1) is 0 Å². The van der Waals surface area contributed by atoms with Crippen LogP contribution in [-0.4, -0.2) is 61.4 Å². The second-order valence-corrected chi connectivity index (χ2v) is 11.2. The van der Waals surface area contributed by atoms with Crippen LogP contribution in [0.25, 0.3) is 5.57 Å². The van der Waals surface area contributed by atoms with Crippen LogP contribution in [0.15, 0.2) is 35.9 Å². The average Bonchev–Trinajstić information content (AvgIpc) is 3.15. The van der Waals surface area contributed by atoms with E-state index in [0.717, 1.165) is 12.1 Å². The van der Waals surface area contributed by atoms with Crippen molar-refractivity contribution in [1.29, 1.82) is 0 Å². The zero-order chi connectivity index (χ0) is 31.1. The molecular formula is C30H33F7N2O3. The summed E-state index contributed by atoms with van der Waals surface area (Å²) in [6.45, 7) is 5.41. The Morgan fingerprint density at radius 3 is 2.36 bits per heavy atom. The summed E-state index contributed by atoms with van der Waals surface area (Å²) in [4.78, 5) is 15.6. The third-order valence-electron chi connectivity index (χ3n) is 7.70. The molecule has 2 heterocycles. The van der Waals surface area contributed by atoms with Gasteiger partial charge in [-0.1, -0.05) is 25.5 Å². The minimum Gasteiger partial charge on any atom is -0.496 e. The number of ether oxygens (including phenoxy) is 2. The molecule has 2 aromatic rings. The summed E-state index contributed by atoms with van der Waals surface area (Å²) >= 11 is 0. The van der Waals surface area contributed by atoms with Crippen LogP contribution in [0, 0.1) is 12.7 Å². The maximum Gasteiger partial charge on any atom is 0.416 e. The molecule has 4 rings (SSSR count). The fourth-order valence-corrected chi connectivity index (χ4v) is 5.67. The summed E-state index contributed by atoms with van der Waals surface area (Å²) < 4.78 is 106. The molecular weight excluding hydrogens is 569 g/mol. The van der Waals surface area contributed by atoms with Gasteiger partial charge in [0.2, 0.25) is 0 Å². The molecule has 0 aromatic heterocycles. The molecule has 2 aromatic carbocycles. The van der Waals surface area contributed by atoms with Crippen molar-refractivity contribution in [3.8, 4) is 5.75 Å². The third kappa shape index (κ3) is 6.85. The molecule has 5 nitrogen and oxygen atoms in total. The fraction of sp³-hybridized carbons (Fsp3) is 0.500. The van der Waals surface area contributed by atoms with Gasteiger partial charge in [0, 0.05) is 31.3 Å². The van der Waals surface area contributed by atoms with Crippen molar-refractivity contribution in [2.75, 3.05) is 33.3 Å². The number of halogens is 7. The van der Waals surface area contributed by atoms with Gasteiger partial charge in [0.15, 0.2) is 0 Å². The van der Waals surface area contributed by atoms with Crippen LogP contribution < -0.4 is 4.74 Å². The molecule has 0 aliphatic carbocycles. The van der Waals surface area contributed by atoms with Gasteiger partial charge in [-0.2, -0.15) is 26.3 Å². The van der Waals surface area contributed by atoms with Crippen molar-refractivity contribution in [2.45, 2.75) is 64.5 Å². The lowest BCUT2D eigenvalue weighted by atomic mass is 9.89. The van der Waals surface area contributed by atoms with E-state index in [0.29, 0.717) is 27.8 Å². The number of amides is 1. The largest absolute Gasteiger partial charge is 0.496 e. The quantitative estimate of drug-likeness (QED) is 0.303. The number of hydrogen-bond donors (Lipinski definition) is 0. The van der Waals surface area contributed by atoms with E-state index in [1.165, 1.54) is 36.0 Å². The highest BCUT2D eigenvalue weighted by atomic mass is 19.4. The maximum atomic E-state index is 14.8. The van der Waals surface area contributed by atoms with Gasteiger partial charge in [-0.3, -0.25) is 9.80 Å². The van der Waals surface area contributed by atoms with Crippen molar-refractivity contribution in [3.05, 3.63) is 69.5 Å². The minimum atomic E-state index is -4.60. The van der Waals surface area contributed by atoms with Gasteiger partial charge in [0.1, 0.15) is 17.7 Å². The number of rotatable bonds is 7. The van der Waals surface area contributed by atoms with Crippen LogP contribution in [0.5, 0.6) is 5.75 Å². The summed E-state index contributed by atoms with van der Waals surface area (Å²) in [5, 5.41) is 0. The Bertz CT molecular complexity index is 1370. The molecule has 1 fully saturated rings. The number of benzene rings is 2. The van der Waals surface area contributed by atoms with Crippen LogP contribution >= 0.6 is 0 Å². The van der Waals surface area contributed by atoms with E-state index in [4.69, 9.17) is 9.47 Å². The number of carbonyl (C=O) groups excluding carboxylic acids is 1. The second-order valence-electron chi connectivity index (χ2n) is 11.2. The van der Waals surface area contributed by atoms with E-state index in [2.05, 4.69) is 0 Å². The second kappa shape index (κ2) is 11.8. The fourth-order valence-electron chi connectivity index (χ4n) is 5.67. The molecule has 1 amide bonds. The van der Waals surface area contributed by atoms with Gasteiger partial charge in [0.25, 0.3) is 0 Å². The molecule has 230 valence electrons. The molecule has 1 saturated heterocycles. The van der Waals surface area contributed by atoms with E-state index in [1.54, 1.807) is 13.0 Å². The Morgan fingerprint density at radius 2 is 1.76 bits per heavy atom. The van der Waals surface area contributed by atoms with Gasteiger partial charge in [-0.25, -0.2) is 9.18 Å². The summed E-state index contributed by atoms with van der Waals surface area (Å²) in [5.41, 5.74) is 1.68. The van der Waals surface area contributed by atoms with Crippen molar-refractivity contribution in [3.63, 3.8) is 0 Å². The molecule has 0 saturated carbocycles. The van der Waals surface area contributed by atoms with Crippen molar-refractivity contribution < 1.29 is 45.0 Å². The highest BCUT2D eigenvalue weighted by Crippen LogP contribution is 2.41. The molecule has 0 N–H and O–H groups in total. The van der Waals surface area contributed by atoms with Gasteiger partial charge >= 0.3 is 18.4 Å². The Hall–Kier alpha value is -3.28. The van der Waals surface area contributed by atoms with Crippen LogP contribution in [0.3, 0.4) is 0 Å². The van der Waals surface area contributed by atoms with Crippen LogP contribution in [0.1, 0.15) is 67.0 Å². The normalized spacial score (nSPS) is 20.5. The smallest absolute Gasteiger partial charge is 0.416 e. The monoisotopic (exact) mass is 602 g/mol. The van der Waals surface area contributed by atoms with Crippen molar-refractivity contribution >= 4 is 11.7 Å². The minimum absolute atomic E-state index is 0.0715. The SMILES string of the molecule is COc1cc(F)c(C(C)C)cc1C1=C(CN2C(=O)O[C@H](c3cc(C)cc(C(F)(F)F)c3)[C@@H]2C)CN(CC(F)(F)F)CC1. The Labute approximate surface area is 239 Å². The molecule has 0 unspecified atom stereocenters. The van der Waals surface area contributed by atoms with Gasteiger partial charge in [-0.05, 0) is 66.7 Å². The van der Waals surface area contributed by atoms with E-state index in [1.807, 2.05) is 13.8 Å². The summed E-state index contributed by atoms with van der Waals surface area (Å²) in [5.74, 6) is -0.449. The predicted octanol–water partition coefficient (Wildman–Crippen LogP) is 7.89. The molecule has 0 bridgehead atoms. The lowest BCUT2D eigenvalue weighted by Gasteiger charge is -2.34. The van der Waals surface area contributed by atoms with E-state index in [9.17, 15) is 35.5 Å². The lowest BCUT2D eigenvalue weighted by molar-refractivity contribution is -0.145. The van der Waals surface area contributed by atoms with Gasteiger partial charge < -0.3 is 9.47 Å². The third-order valence-corrected chi connectivity index (χ3v) is 7.70. The van der Waals surface area contributed by atoms with E-state index in [-0.39, 0.29) is 43.3 Å². The van der Waals surface area contributed by atoms with E-state index >= 15 is 0 Å². The number of alkyl halides is 6. The Kier molecular flexibility index (Phi) is 8.87. The zero-order valence-electron chi connectivity index (χ0n) is 23.9. The highest BCUT2D eigenvalue weighted by Gasteiger charge is 2.42. The first-order valence-corrected chi connectivity index (χ1v) is 13.5. The topological polar surface area (TPSA) is 42.0 Å².